The molecule has 0 aromatic carbocycles. The topological polar surface area (TPSA) is 87.2 Å². The summed E-state index contributed by atoms with van der Waals surface area (Å²) in [6.45, 7) is 5.26. The summed E-state index contributed by atoms with van der Waals surface area (Å²) in [5, 5.41) is 7.15. The lowest BCUT2D eigenvalue weighted by atomic mass is 10.1. The quantitative estimate of drug-likeness (QED) is 0.842. The number of aromatic amines is 1. The zero-order valence-corrected chi connectivity index (χ0v) is 15.8. The molecule has 0 spiro atoms. The first-order valence-electron chi connectivity index (χ1n) is 8.88. The van der Waals surface area contributed by atoms with E-state index in [2.05, 4.69) is 20.2 Å². The summed E-state index contributed by atoms with van der Waals surface area (Å²) in [4.78, 5) is 24.8. The zero-order chi connectivity index (χ0) is 18.7. The Bertz CT molecular complexity index is 753. The molecule has 1 N–H and O–H groups in total. The van der Waals surface area contributed by atoms with Gasteiger partial charge in [-0.25, -0.2) is 0 Å². The number of carbonyl (C=O) groups excluding carboxylic acids is 1. The molecule has 8 nitrogen and oxygen atoms in total. The minimum Gasteiger partial charge on any atom is -0.471 e. The Morgan fingerprint density at radius 3 is 2.88 bits per heavy atom. The Hall–Kier alpha value is -2.64. The van der Waals surface area contributed by atoms with Crippen molar-refractivity contribution in [2.24, 2.45) is 0 Å². The Labute approximate surface area is 153 Å². The fourth-order valence-corrected chi connectivity index (χ4v) is 3.16. The molecule has 0 radical (unpaired) electrons. The molecule has 2 aromatic rings. The van der Waals surface area contributed by atoms with E-state index in [0.29, 0.717) is 31.8 Å². The monoisotopic (exact) mass is 358 g/mol. The maximum atomic E-state index is 12.5. The lowest BCUT2D eigenvalue weighted by Crippen LogP contribution is -2.31. The van der Waals surface area contributed by atoms with Crippen LogP contribution in [-0.2, 0) is 11.2 Å². The molecule has 0 aliphatic carbocycles. The van der Waals surface area contributed by atoms with Crippen molar-refractivity contribution in [1.82, 2.24) is 25.1 Å². The molecule has 8 heteroatoms. The number of H-pyrrole nitrogens is 1. The molecular formula is C18H26N6O2. The van der Waals surface area contributed by atoms with Gasteiger partial charge in [0.15, 0.2) is 5.82 Å². The average Bonchev–Trinajstić information content (AvgIpc) is 3.20. The van der Waals surface area contributed by atoms with E-state index in [0.717, 1.165) is 29.2 Å². The molecule has 1 unspecified atom stereocenters. The summed E-state index contributed by atoms with van der Waals surface area (Å²) in [5.74, 6) is 1.41. The number of nitrogens with zero attached hydrogens (tertiary/aromatic N) is 5. The van der Waals surface area contributed by atoms with Gasteiger partial charge in [0.25, 0.3) is 0 Å². The molecule has 3 heterocycles. The Kier molecular flexibility index (Phi) is 5.39. The van der Waals surface area contributed by atoms with Gasteiger partial charge in [-0.2, -0.15) is 10.1 Å². The van der Waals surface area contributed by atoms with Gasteiger partial charge >= 0.3 is 0 Å². The second-order valence-corrected chi connectivity index (χ2v) is 6.89. The molecule has 1 fully saturated rings. The highest BCUT2D eigenvalue weighted by molar-refractivity contribution is 5.76. The van der Waals surface area contributed by atoms with Gasteiger partial charge in [0.1, 0.15) is 6.10 Å². The number of hydrogen-bond donors (Lipinski definition) is 1. The molecular weight excluding hydrogens is 332 g/mol. The number of hydrogen-bond acceptors (Lipinski definition) is 6. The van der Waals surface area contributed by atoms with Crippen LogP contribution in [0.5, 0.6) is 5.88 Å². The second-order valence-electron chi connectivity index (χ2n) is 6.89. The van der Waals surface area contributed by atoms with E-state index in [-0.39, 0.29) is 12.0 Å². The number of ether oxygens (including phenoxy) is 1. The van der Waals surface area contributed by atoms with Crippen molar-refractivity contribution in [3.63, 3.8) is 0 Å². The summed E-state index contributed by atoms with van der Waals surface area (Å²) in [5.41, 5.74) is 3.15. The third-order valence-electron chi connectivity index (χ3n) is 4.71. The van der Waals surface area contributed by atoms with Crippen LogP contribution >= 0.6 is 0 Å². The SMILES string of the molecule is Cc1n[nH]c(C)c1CCC(=O)N1CCC(Oc2cncc(N(C)C)n2)C1. The number of carbonyl (C=O) groups is 1. The fraction of sp³-hybridized carbons (Fsp3) is 0.556. The molecule has 26 heavy (non-hydrogen) atoms. The van der Waals surface area contributed by atoms with Crippen LogP contribution in [0.1, 0.15) is 29.8 Å². The van der Waals surface area contributed by atoms with Crippen molar-refractivity contribution in [3.05, 3.63) is 29.3 Å². The highest BCUT2D eigenvalue weighted by Crippen LogP contribution is 2.19. The third kappa shape index (κ3) is 4.12. The molecule has 1 aliphatic heterocycles. The van der Waals surface area contributed by atoms with Crippen LogP contribution in [0.15, 0.2) is 12.4 Å². The largest absolute Gasteiger partial charge is 0.471 e. The molecule has 1 amide bonds. The lowest BCUT2D eigenvalue weighted by Gasteiger charge is -2.17. The minimum atomic E-state index is -0.0388. The number of rotatable bonds is 6. The second kappa shape index (κ2) is 7.72. The predicted octanol–water partition coefficient (Wildman–Crippen LogP) is 1.50. The first kappa shape index (κ1) is 18.2. The molecule has 0 bridgehead atoms. The molecule has 0 saturated carbocycles. The van der Waals surface area contributed by atoms with Gasteiger partial charge in [-0.3, -0.25) is 14.9 Å². The van der Waals surface area contributed by atoms with Gasteiger partial charge in [-0.1, -0.05) is 0 Å². The van der Waals surface area contributed by atoms with E-state index in [4.69, 9.17) is 4.74 Å². The van der Waals surface area contributed by atoms with Gasteiger partial charge < -0.3 is 14.5 Å². The molecule has 1 atom stereocenters. The van der Waals surface area contributed by atoms with Gasteiger partial charge in [-0.15, -0.1) is 0 Å². The summed E-state index contributed by atoms with van der Waals surface area (Å²) in [6, 6.07) is 0. The van der Waals surface area contributed by atoms with Crippen molar-refractivity contribution in [2.45, 2.75) is 39.2 Å². The number of anilines is 1. The van der Waals surface area contributed by atoms with Crippen LogP contribution in [0, 0.1) is 13.8 Å². The maximum Gasteiger partial charge on any atom is 0.234 e. The van der Waals surface area contributed by atoms with Crippen molar-refractivity contribution < 1.29 is 9.53 Å². The Balaban J connectivity index is 1.52. The molecule has 140 valence electrons. The highest BCUT2D eigenvalue weighted by atomic mass is 16.5. The van der Waals surface area contributed by atoms with Crippen LogP contribution in [0.2, 0.25) is 0 Å². The number of aryl methyl sites for hydroxylation is 2. The van der Waals surface area contributed by atoms with E-state index in [1.165, 1.54) is 0 Å². The van der Waals surface area contributed by atoms with Crippen molar-refractivity contribution >= 4 is 11.7 Å². The predicted molar refractivity (Wildman–Crippen MR) is 98.4 cm³/mol. The number of amides is 1. The van der Waals surface area contributed by atoms with Crippen LogP contribution in [0.25, 0.3) is 0 Å². The summed E-state index contributed by atoms with van der Waals surface area (Å²) in [6.07, 6.45) is 5.28. The average molecular weight is 358 g/mol. The first-order chi connectivity index (χ1) is 12.4. The zero-order valence-electron chi connectivity index (χ0n) is 15.8. The molecule has 3 rings (SSSR count). The van der Waals surface area contributed by atoms with Gasteiger partial charge in [0.05, 0.1) is 24.6 Å². The standard InChI is InChI=1S/C18H26N6O2/c1-12-15(13(2)22-21-12)5-6-18(25)24-8-7-14(11-24)26-17-10-19-9-16(20-17)23(3)4/h9-10,14H,5-8,11H2,1-4H3,(H,21,22). The lowest BCUT2D eigenvalue weighted by molar-refractivity contribution is -0.130. The van der Waals surface area contributed by atoms with E-state index in [9.17, 15) is 4.79 Å². The first-order valence-corrected chi connectivity index (χ1v) is 8.88. The van der Waals surface area contributed by atoms with E-state index < -0.39 is 0 Å². The minimum absolute atomic E-state index is 0.0388. The van der Waals surface area contributed by atoms with E-state index in [1.54, 1.807) is 12.4 Å². The van der Waals surface area contributed by atoms with E-state index >= 15 is 0 Å². The van der Waals surface area contributed by atoms with Crippen LogP contribution < -0.4 is 9.64 Å². The smallest absolute Gasteiger partial charge is 0.234 e. The van der Waals surface area contributed by atoms with Crippen LogP contribution in [0.3, 0.4) is 0 Å². The molecule has 1 saturated heterocycles. The van der Waals surface area contributed by atoms with Crippen molar-refractivity contribution in [2.75, 3.05) is 32.1 Å². The number of nitrogens with one attached hydrogen (secondary N) is 1. The highest BCUT2D eigenvalue weighted by Gasteiger charge is 2.28. The van der Waals surface area contributed by atoms with Crippen molar-refractivity contribution in [3.8, 4) is 5.88 Å². The number of likely N-dealkylation sites (tertiary alicyclic amines) is 1. The number of aromatic nitrogens is 4. The third-order valence-corrected chi connectivity index (χ3v) is 4.71. The van der Waals surface area contributed by atoms with Crippen molar-refractivity contribution in [1.29, 1.82) is 0 Å². The van der Waals surface area contributed by atoms with Gasteiger partial charge in [0, 0.05) is 39.2 Å². The van der Waals surface area contributed by atoms with Crippen LogP contribution in [-0.4, -0.2) is 64.3 Å². The summed E-state index contributed by atoms with van der Waals surface area (Å²) >= 11 is 0. The fourth-order valence-electron chi connectivity index (χ4n) is 3.16. The Morgan fingerprint density at radius 2 is 2.19 bits per heavy atom. The molecule has 2 aromatic heterocycles. The van der Waals surface area contributed by atoms with Gasteiger partial charge in [0.2, 0.25) is 11.8 Å². The van der Waals surface area contributed by atoms with Crippen LogP contribution in [0.4, 0.5) is 5.82 Å². The normalized spacial score (nSPS) is 16.8. The summed E-state index contributed by atoms with van der Waals surface area (Å²) < 4.78 is 5.93. The summed E-state index contributed by atoms with van der Waals surface area (Å²) in [7, 11) is 3.82. The molecule has 1 aliphatic rings. The maximum absolute atomic E-state index is 12.5. The Morgan fingerprint density at radius 1 is 1.38 bits per heavy atom. The van der Waals surface area contributed by atoms with Gasteiger partial charge in [-0.05, 0) is 25.8 Å². The van der Waals surface area contributed by atoms with E-state index in [1.807, 2.05) is 37.7 Å².